The van der Waals surface area contributed by atoms with Crippen LogP contribution in [0, 0.1) is 11.3 Å². The number of nitrogens with two attached hydrogens (primary N) is 1. The monoisotopic (exact) mass is 390 g/mol. The molecule has 4 aromatic rings. The average molecular weight is 390 g/mol. The molecule has 0 saturated carbocycles. The molecule has 1 aliphatic heterocycles. The van der Waals surface area contributed by atoms with Crippen molar-refractivity contribution in [1.82, 2.24) is 0 Å². The van der Waals surface area contributed by atoms with Gasteiger partial charge in [0.05, 0.1) is 5.92 Å². The summed E-state index contributed by atoms with van der Waals surface area (Å²) in [5, 5.41) is 11.9. The fourth-order valence-corrected chi connectivity index (χ4v) is 3.91. The first-order valence-corrected chi connectivity index (χ1v) is 9.66. The summed E-state index contributed by atoms with van der Waals surface area (Å²) in [6, 6.07) is 31.7. The molecule has 1 heterocycles. The lowest BCUT2D eigenvalue weighted by Crippen LogP contribution is -2.21. The highest BCUT2D eigenvalue weighted by Crippen LogP contribution is 2.45. The first-order valence-electron chi connectivity index (χ1n) is 9.66. The number of hydrogen-bond donors (Lipinski definition) is 1. The van der Waals surface area contributed by atoms with Crippen molar-refractivity contribution >= 4 is 10.8 Å². The number of benzene rings is 4. The Hall–Kier alpha value is -4.23. The molecule has 5 rings (SSSR count). The molecule has 1 unspecified atom stereocenters. The van der Waals surface area contributed by atoms with Crippen LogP contribution in [0.4, 0.5) is 0 Å². The maximum absolute atomic E-state index is 9.84. The molecule has 4 heteroatoms. The van der Waals surface area contributed by atoms with Crippen molar-refractivity contribution in [2.45, 2.75) is 5.92 Å². The van der Waals surface area contributed by atoms with Crippen molar-refractivity contribution in [2.24, 2.45) is 5.73 Å². The van der Waals surface area contributed by atoms with Crippen LogP contribution in [-0.4, -0.2) is 0 Å². The SMILES string of the molecule is N#CC1=C(N)Oc2c(ccc3ccccc23)C1c1cccc(Oc2ccccc2)c1. The molecule has 2 N–H and O–H groups in total. The smallest absolute Gasteiger partial charge is 0.205 e. The van der Waals surface area contributed by atoms with Crippen molar-refractivity contribution in [2.75, 3.05) is 0 Å². The Labute approximate surface area is 174 Å². The van der Waals surface area contributed by atoms with E-state index in [9.17, 15) is 5.26 Å². The minimum absolute atomic E-state index is 0.140. The van der Waals surface area contributed by atoms with Gasteiger partial charge in [-0.15, -0.1) is 0 Å². The molecule has 0 spiro atoms. The number of nitriles is 1. The summed E-state index contributed by atoms with van der Waals surface area (Å²) in [5.41, 5.74) is 8.42. The molecule has 0 aromatic heterocycles. The van der Waals surface area contributed by atoms with Gasteiger partial charge in [-0.05, 0) is 35.2 Å². The van der Waals surface area contributed by atoms with E-state index in [0.717, 1.165) is 27.6 Å². The maximum Gasteiger partial charge on any atom is 0.205 e. The Kier molecular flexibility index (Phi) is 4.34. The van der Waals surface area contributed by atoms with E-state index in [0.29, 0.717) is 17.1 Å². The summed E-state index contributed by atoms with van der Waals surface area (Å²) in [5.74, 6) is 1.96. The van der Waals surface area contributed by atoms with Crippen LogP contribution in [0.5, 0.6) is 17.2 Å². The molecule has 4 aromatic carbocycles. The summed E-state index contributed by atoms with van der Waals surface area (Å²) >= 11 is 0. The van der Waals surface area contributed by atoms with Gasteiger partial charge in [-0.25, -0.2) is 0 Å². The van der Waals surface area contributed by atoms with E-state index >= 15 is 0 Å². The fraction of sp³-hybridized carbons (Fsp3) is 0.0385. The van der Waals surface area contributed by atoms with Gasteiger partial charge in [0.25, 0.3) is 0 Å². The average Bonchev–Trinajstić information content (AvgIpc) is 2.79. The van der Waals surface area contributed by atoms with Gasteiger partial charge in [-0.3, -0.25) is 0 Å². The van der Waals surface area contributed by atoms with Crippen LogP contribution >= 0.6 is 0 Å². The number of allylic oxidation sites excluding steroid dienone is 1. The van der Waals surface area contributed by atoms with Gasteiger partial charge in [-0.2, -0.15) is 5.26 Å². The zero-order valence-electron chi connectivity index (χ0n) is 16.1. The number of fused-ring (bicyclic) bond motifs is 3. The zero-order chi connectivity index (χ0) is 20.5. The summed E-state index contributed by atoms with van der Waals surface area (Å²) in [7, 11) is 0. The van der Waals surface area contributed by atoms with Gasteiger partial charge in [-0.1, -0.05) is 66.7 Å². The van der Waals surface area contributed by atoms with Gasteiger partial charge in [0.2, 0.25) is 5.88 Å². The Balaban J connectivity index is 1.64. The fourth-order valence-electron chi connectivity index (χ4n) is 3.91. The van der Waals surface area contributed by atoms with E-state index in [2.05, 4.69) is 6.07 Å². The molecular formula is C26H18N2O2. The van der Waals surface area contributed by atoms with Gasteiger partial charge < -0.3 is 15.2 Å². The van der Waals surface area contributed by atoms with E-state index in [1.807, 2.05) is 91.0 Å². The molecule has 0 radical (unpaired) electrons. The highest BCUT2D eigenvalue weighted by molar-refractivity contribution is 5.90. The summed E-state index contributed by atoms with van der Waals surface area (Å²) in [6.07, 6.45) is 0. The van der Waals surface area contributed by atoms with Crippen LogP contribution in [0.25, 0.3) is 10.8 Å². The van der Waals surface area contributed by atoms with E-state index in [1.165, 1.54) is 0 Å². The number of hydrogen-bond acceptors (Lipinski definition) is 4. The third-order valence-electron chi connectivity index (χ3n) is 5.28. The predicted octanol–water partition coefficient (Wildman–Crippen LogP) is 5.85. The van der Waals surface area contributed by atoms with Crippen molar-refractivity contribution in [3.8, 4) is 23.3 Å². The van der Waals surface area contributed by atoms with Gasteiger partial charge in [0.15, 0.2) is 0 Å². The second-order valence-corrected chi connectivity index (χ2v) is 7.12. The zero-order valence-corrected chi connectivity index (χ0v) is 16.1. The Bertz CT molecular complexity index is 1320. The van der Waals surface area contributed by atoms with Crippen LogP contribution in [0.15, 0.2) is 102 Å². The molecule has 0 saturated heterocycles. The molecule has 144 valence electrons. The largest absolute Gasteiger partial charge is 0.457 e. The highest BCUT2D eigenvalue weighted by atomic mass is 16.5. The molecule has 30 heavy (non-hydrogen) atoms. The van der Waals surface area contributed by atoms with Gasteiger partial charge in [0.1, 0.15) is 28.9 Å². The number of para-hydroxylation sites is 1. The van der Waals surface area contributed by atoms with Crippen molar-refractivity contribution in [1.29, 1.82) is 5.26 Å². The highest BCUT2D eigenvalue weighted by Gasteiger charge is 2.31. The lowest BCUT2D eigenvalue weighted by molar-refractivity contribution is 0.398. The lowest BCUT2D eigenvalue weighted by Gasteiger charge is -2.27. The van der Waals surface area contributed by atoms with Crippen LogP contribution in [0.3, 0.4) is 0 Å². The van der Waals surface area contributed by atoms with E-state index < -0.39 is 0 Å². The van der Waals surface area contributed by atoms with Crippen LogP contribution < -0.4 is 15.2 Å². The van der Waals surface area contributed by atoms with E-state index in [1.54, 1.807) is 0 Å². The Morgan fingerprint density at radius 2 is 1.60 bits per heavy atom. The number of rotatable bonds is 3. The Morgan fingerprint density at radius 3 is 2.43 bits per heavy atom. The third-order valence-corrected chi connectivity index (χ3v) is 5.28. The topological polar surface area (TPSA) is 68.3 Å². The minimum Gasteiger partial charge on any atom is -0.457 e. The molecule has 0 fully saturated rings. The van der Waals surface area contributed by atoms with E-state index in [4.69, 9.17) is 15.2 Å². The third kappa shape index (κ3) is 3.03. The number of ether oxygens (including phenoxy) is 2. The molecule has 1 aliphatic rings. The van der Waals surface area contributed by atoms with E-state index in [-0.39, 0.29) is 11.8 Å². The second kappa shape index (κ2) is 7.31. The maximum atomic E-state index is 9.84. The first-order chi connectivity index (χ1) is 14.7. The predicted molar refractivity (Wildman–Crippen MR) is 116 cm³/mol. The van der Waals surface area contributed by atoms with Crippen molar-refractivity contribution < 1.29 is 9.47 Å². The van der Waals surface area contributed by atoms with Crippen LogP contribution in [-0.2, 0) is 0 Å². The number of nitrogens with zero attached hydrogens (tertiary/aromatic N) is 1. The van der Waals surface area contributed by atoms with Crippen molar-refractivity contribution in [3.05, 3.63) is 114 Å². The second-order valence-electron chi connectivity index (χ2n) is 7.12. The molecule has 0 aliphatic carbocycles. The van der Waals surface area contributed by atoms with Crippen molar-refractivity contribution in [3.63, 3.8) is 0 Å². The van der Waals surface area contributed by atoms with Gasteiger partial charge >= 0.3 is 0 Å². The van der Waals surface area contributed by atoms with Gasteiger partial charge in [0, 0.05) is 10.9 Å². The quantitative estimate of drug-likeness (QED) is 0.476. The standard InChI is InChI=1S/C26H18N2O2/c27-16-23-24(18-8-6-11-20(15-18)29-19-9-2-1-3-10-19)22-14-13-17-7-4-5-12-21(17)25(22)30-26(23)28/h1-15,24H,28H2. The van der Waals surface area contributed by atoms with Crippen LogP contribution in [0.2, 0.25) is 0 Å². The molecule has 4 nitrogen and oxygen atoms in total. The Morgan fingerprint density at radius 1 is 0.833 bits per heavy atom. The summed E-state index contributed by atoms with van der Waals surface area (Å²) in [6.45, 7) is 0. The molecule has 0 bridgehead atoms. The minimum atomic E-state index is -0.331. The molecule has 0 amide bonds. The summed E-state index contributed by atoms with van der Waals surface area (Å²) in [4.78, 5) is 0. The first kappa shape index (κ1) is 17.8. The normalized spacial score (nSPS) is 15.2. The van der Waals surface area contributed by atoms with Crippen LogP contribution in [0.1, 0.15) is 17.0 Å². The molecule has 1 atom stereocenters. The lowest BCUT2D eigenvalue weighted by atomic mass is 9.82. The molecular weight excluding hydrogens is 372 g/mol. The summed E-state index contributed by atoms with van der Waals surface area (Å²) < 4.78 is 11.9.